The molecule has 1 aromatic carbocycles. The lowest BCUT2D eigenvalue weighted by Crippen LogP contribution is -2.42. The van der Waals surface area contributed by atoms with Gasteiger partial charge in [-0.3, -0.25) is 14.6 Å². The summed E-state index contributed by atoms with van der Waals surface area (Å²) in [5, 5.41) is 9.08. The molecule has 0 aromatic heterocycles. The predicted octanol–water partition coefficient (Wildman–Crippen LogP) is 2.45. The zero-order valence-corrected chi connectivity index (χ0v) is 13.2. The molecule has 1 N–H and O–H groups in total. The first-order valence-electron chi connectivity index (χ1n) is 8.43. The molecule has 120 valence electrons. The Bertz CT molecular complexity index is 487. The average molecular weight is 302 g/mol. The van der Waals surface area contributed by atoms with Crippen LogP contribution < -0.4 is 0 Å². The van der Waals surface area contributed by atoms with Crippen molar-refractivity contribution in [2.75, 3.05) is 26.2 Å². The highest BCUT2D eigenvalue weighted by atomic mass is 16.4. The molecule has 1 atom stereocenters. The molecule has 0 bridgehead atoms. The Morgan fingerprint density at radius 3 is 2.68 bits per heavy atom. The zero-order chi connectivity index (χ0) is 15.4. The summed E-state index contributed by atoms with van der Waals surface area (Å²) in [6, 6.07) is 11.1. The van der Waals surface area contributed by atoms with Gasteiger partial charge < -0.3 is 5.11 Å². The second-order valence-corrected chi connectivity index (χ2v) is 6.78. The van der Waals surface area contributed by atoms with Gasteiger partial charge in [0.1, 0.15) is 0 Å². The molecule has 0 unspecified atom stereocenters. The lowest BCUT2D eigenvalue weighted by atomic mass is 9.96. The summed E-state index contributed by atoms with van der Waals surface area (Å²) in [7, 11) is 0. The number of rotatable bonds is 7. The topological polar surface area (TPSA) is 43.8 Å². The van der Waals surface area contributed by atoms with Gasteiger partial charge in [0.15, 0.2) is 0 Å². The van der Waals surface area contributed by atoms with E-state index in [9.17, 15) is 4.79 Å². The van der Waals surface area contributed by atoms with Crippen LogP contribution in [0.4, 0.5) is 0 Å². The van der Waals surface area contributed by atoms with E-state index in [1.54, 1.807) is 0 Å². The van der Waals surface area contributed by atoms with Gasteiger partial charge in [0.05, 0.1) is 6.54 Å². The fourth-order valence-corrected chi connectivity index (χ4v) is 3.57. The molecule has 0 radical (unpaired) electrons. The van der Waals surface area contributed by atoms with Crippen LogP contribution in [0.1, 0.15) is 31.2 Å². The quantitative estimate of drug-likeness (QED) is 0.840. The van der Waals surface area contributed by atoms with Gasteiger partial charge in [-0.25, -0.2) is 0 Å². The van der Waals surface area contributed by atoms with Crippen molar-refractivity contribution in [2.45, 2.75) is 38.3 Å². The highest BCUT2D eigenvalue weighted by molar-refractivity contribution is 5.69. The van der Waals surface area contributed by atoms with Crippen molar-refractivity contribution in [2.24, 2.45) is 5.92 Å². The minimum Gasteiger partial charge on any atom is -0.480 e. The Balaban J connectivity index is 1.52. The van der Waals surface area contributed by atoms with Crippen LogP contribution in [0, 0.1) is 5.92 Å². The standard InChI is InChI=1S/C18H26N2O2/c21-18(22)14-20(17-8-9-17)13-16-7-4-10-19(12-16)11-15-5-2-1-3-6-15/h1-3,5-6,16-17H,4,7-14H2,(H,21,22)/t16-/m0/s1. The molecule has 4 heteroatoms. The van der Waals surface area contributed by atoms with Crippen LogP contribution in [0.5, 0.6) is 0 Å². The first kappa shape index (κ1) is 15.5. The van der Waals surface area contributed by atoms with E-state index in [2.05, 4.69) is 40.1 Å². The maximum atomic E-state index is 11.0. The minimum absolute atomic E-state index is 0.208. The summed E-state index contributed by atoms with van der Waals surface area (Å²) in [6.45, 7) is 4.42. The smallest absolute Gasteiger partial charge is 0.317 e. The van der Waals surface area contributed by atoms with Gasteiger partial charge in [0.25, 0.3) is 0 Å². The predicted molar refractivity (Wildman–Crippen MR) is 86.7 cm³/mol. The van der Waals surface area contributed by atoms with Crippen molar-refractivity contribution in [3.8, 4) is 0 Å². The second kappa shape index (κ2) is 7.25. The average Bonchev–Trinajstić information content (AvgIpc) is 3.32. The maximum Gasteiger partial charge on any atom is 0.317 e. The van der Waals surface area contributed by atoms with E-state index >= 15 is 0 Å². The monoisotopic (exact) mass is 302 g/mol. The number of hydrogen-bond donors (Lipinski definition) is 1. The molecular formula is C18H26N2O2. The molecule has 4 nitrogen and oxygen atoms in total. The van der Waals surface area contributed by atoms with Crippen LogP contribution in [-0.4, -0.2) is 53.1 Å². The molecule has 1 saturated heterocycles. The molecule has 0 amide bonds. The van der Waals surface area contributed by atoms with Gasteiger partial charge in [0, 0.05) is 25.7 Å². The number of aliphatic carboxylic acids is 1. The van der Waals surface area contributed by atoms with Gasteiger partial charge in [-0.15, -0.1) is 0 Å². The van der Waals surface area contributed by atoms with Crippen LogP contribution in [0.3, 0.4) is 0 Å². The van der Waals surface area contributed by atoms with Gasteiger partial charge in [-0.1, -0.05) is 30.3 Å². The van der Waals surface area contributed by atoms with E-state index in [0.717, 1.165) is 26.2 Å². The molecule has 1 saturated carbocycles. The molecule has 22 heavy (non-hydrogen) atoms. The van der Waals surface area contributed by atoms with E-state index in [1.807, 2.05) is 0 Å². The van der Waals surface area contributed by atoms with Crippen LogP contribution in [0.15, 0.2) is 30.3 Å². The summed E-state index contributed by atoms with van der Waals surface area (Å²) >= 11 is 0. The normalized spacial score (nSPS) is 22.9. The highest BCUT2D eigenvalue weighted by Gasteiger charge is 2.32. The Kier molecular flexibility index (Phi) is 5.11. The Labute approximate surface area is 132 Å². The van der Waals surface area contributed by atoms with Crippen molar-refractivity contribution in [1.82, 2.24) is 9.80 Å². The minimum atomic E-state index is -0.691. The van der Waals surface area contributed by atoms with Crippen molar-refractivity contribution >= 4 is 5.97 Å². The number of piperidine rings is 1. The van der Waals surface area contributed by atoms with Crippen LogP contribution in [-0.2, 0) is 11.3 Å². The van der Waals surface area contributed by atoms with E-state index < -0.39 is 5.97 Å². The SMILES string of the molecule is O=C(O)CN(C[C@H]1CCCN(Cc2ccccc2)C1)C1CC1. The number of likely N-dealkylation sites (tertiary alicyclic amines) is 1. The fraction of sp³-hybridized carbons (Fsp3) is 0.611. The first-order valence-corrected chi connectivity index (χ1v) is 8.43. The molecule has 1 aliphatic heterocycles. The van der Waals surface area contributed by atoms with Gasteiger partial charge in [-0.2, -0.15) is 0 Å². The zero-order valence-electron chi connectivity index (χ0n) is 13.2. The second-order valence-electron chi connectivity index (χ2n) is 6.78. The van der Waals surface area contributed by atoms with Gasteiger partial charge in [-0.05, 0) is 43.7 Å². The highest BCUT2D eigenvalue weighted by Crippen LogP contribution is 2.29. The first-order chi connectivity index (χ1) is 10.7. The van der Waals surface area contributed by atoms with Crippen molar-refractivity contribution in [3.05, 3.63) is 35.9 Å². The third-order valence-corrected chi connectivity index (χ3v) is 4.75. The number of carbonyl (C=O) groups is 1. The Morgan fingerprint density at radius 2 is 2.00 bits per heavy atom. The van der Waals surface area contributed by atoms with Crippen LogP contribution >= 0.6 is 0 Å². The molecule has 1 heterocycles. The molecule has 1 aliphatic carbocycles. The van der Waals surface area contributed by atoms with Crippen LogP contribution in [0.2, 0.25) is 0 Å². The summed E-state index contributed by atoms with van der Waals surface area (Å²) in [5.41, 5.74) is 1.37. The lowest BCUT2D eigenvalue weighted by molar-refractivity contribution is -0.138. The summed E-state index contributed by atoms with van der Waals surface area (Å²) in [4.78, 5) is 15.8. The van der Waals surface area contributed by atoms with Gasteiger partial charge in [0.2, 0.25) is 0 Å². The third kappa shape index (κ3) is 4.55. The molecular weight excluding hydrogens is 276 g/mol. The number of hydrogen-bond acceptors (Lipinski definition) is 3. The Morgan fingerprint density at radius 1 is 1.23 bits per heavy atom. The van der Waals surface area contributed by atoms with Crippen molar-refractivity contribution < 1.29 is 9.90 Å². The number of carboxylic acids is 1. The van der Waals surface area contributed by atoms with E-state index in [4.69, 9.17) is 5.11 Å². The summed E-state index contributed by atoms with van der Waals surface area (Å²) < 4.78 is 0. The molecule has 1 aromatic rings. The lowest BCUT2D eigenvalue weighted by Gasteiger charge is -2.35. The Hall–Kier alpha value is -1.39. The van der Waals surface area contributed by atoms with Crippen molar-refractivity contribution in [1.29, 1.82) is 0 Å². The van der Waals surface area contributed by atoms with E-state index in [0.29, 0.717) is 12.0 Å². The molecule has 0 spiro atoms. The van der Waals surface area contributed by atoms with E-state index in [-0.39, 0.29) is 6.54 Å². The maximum absolute atomic E-state index is 11.0. The van der Waals surface area contributed by atoms with Crippen LogP contribution in [0.25, 0.3) is 0 Å². The van der Waals surface area contributed by atoms with Gasteiger partial charge >= 0.3 is 5.97 Å². The summed E-state index contributed by atoms with van der Waals surface area (Å²) in [5.74, 6) is -0.0822. The number of carboxylic acid groups (broad SMARTS) is 1. The number of benzene rings is 1. The molecule has 3 rings (SSSR count). The van der Waals surface area contributed by atoms with Crippen molar-refractivity contribution in [3.63, 3.8) is 0 Å². The summed E-state index contributed by atoms with van der Waals surface area (Å²) in [6.07, 6.45) is 4.80. The fourth-order valence-electron chi connectivity index (χ4n) is 3.57. The molecule has 2 aliphatic rings. The van der Waals surface area contributed by atoms with E-state index in [1.165, 1.54) is 31.2 Å². The molecule has 2 fully saturated rings. The third-order valence-electron chi connectivity index (χ3n) is 4.75. The number of nitrogens with zero attached hydrogens (tertiary/aromatic N) is 2. The largest absolute Gasteiger partial charge is 0.480 e.